The monoisotopic (exact) mass is 474 g/mol. The first kappa shape index (κ1) is 25.2. The minimum absolute atomic E-state index is 0.0263. The Bertz CT molecular complexity index is 841. The first-order valence-corrected chi connectivity index (χ1v) is 14.1. The van der Waals surface area contributed by atoms with Gasteiger partial charge >= 0.3 is 0 Å². The number of hydrogen-bond acceptors (Lipinski definition) is 4. The van der Waals surface area contributed by atoms with E-state index in [0.717, 1.165) is 25.7 Å². The minimum Gasteiger partial charge on any atom is -0.393 e. The molecule has 34 heavy (non-hydrogen) atoms. The van der Waals surface area contributed by atoms with Crippen molar-refractivity contribution in [2.75, 3.05) is 6.61 Å². The van der Waals surface area contributed by atoms with Crippen LogP contribution in [0, 0.1) is 45.3 Å². The molecule has 4 aliphatic carbocycles. The van der Waals surface area contributed by atoms with E-state index in [0.29, 0.717) is 30.3 Å². The van der Waals surface area contributed by atoms with Crippen LogP contribution in [0.4, 0.5) is 0 Å². The molecule has 4 fully saturated rings. The molecule has 1 heterocycles. The number of aliphatic hydroxyl groups excluding tert-OH is 2. The molecule has 0 unspecified atom stereocenters. The molecule has 0 bridgehead atoms. The van der Waals surface area contributed by atoms with Gasteiger partial charge in [-0.25, -0.2) is 0 Å². The zero-order valence-corrected chi connectivity index (χ0v) is 22.7. The van der Waals surface area contributed by atoms with Crippen molar-refractivity contribution >= 4 is 0 Å². The third kappa shape index (κ3) is 3.30. The van der Waals surface area contributed by atoms with Crippen molar-refractivity contribution in [2.24, 2.45) is 45.3 Å². The number of allylic oxidation sites excluding steroid dienone is 2. The SMILES string of the molecule is CC(C)(O)[C@@H]1OC[C@H]([C@@H]2CC[C@]3(C)C4=CC[C@@H]5C(C)(C)[C@H](O)CC[C@]5(C)[C@@H]4CC[C@@]23C)C[C@@H]1O. The van der Waals surface area contributed by atoms with Gasteiger partial charge in [0.1, 0.15) is 6.10 Å². The summed E-state index contributed by atoms with van der Waals surface area (Å²) < 4.78 is 6.13. The Morgan fingerprint density at radius 2 is 1.68 bits per heavy atom. The molecule has 194 valence electrons. The molecule has 3 N–H and O–H groups in total. The van der Waals surface area contributed by atoms with E-state index in [1.54, 1.807) is 19.4 Å². The fraction of sp³-hybridized carbons (Fsp3) is 0.933. The molecular formula is C30H50O4. The molecule has 0 aromatic heterocycles. The van der Waals surface area contributed by atoms with Crippen molar-refractivity contribution in [1.82, 2.24) is 0 Å². The Kier molecular flexibility index (Phi) is 5.78. The molecule has 10 atom stereocenters. The third-order valence-electron chi connectivity index (χ3n) is 12.5. The first-order chi connectivity index (χ1) is 15.7. The van der Waals surface area contributed by atoms with Crippen LogP contribution in [-0.4, -0.2) is 45.8 Å². The molecule has 0 aromatic carbocycles. The lowest BCUT2D eigenvalue weighted by atomic mass is 9.41. The summed E-state index contributed by atoms with van der Waals surface area (Å²) in [4.78, 5) is 0. The second-order valence-electron chi connectivity index (χ2n) is 14.8. The van der Waals surface area contributed by atoms with Crippen LogP contribution >= 0.6 is 0 Å². The third-order valence-corrected chi connectivity index (χ3v) is 12.5. The number of aliphatic hydroxyl groups is 3. The van der Waals surface area contributed by atoms with E-state index >= 15 is 0 Å². The predicted octanol–water partition coefficient (Wildman–Crippen LogP) is 5.49. The molecule has 4 nitrogen and oxygen atoms in total. The molecule has 0 aromatic rings. The summed E-state index contributed by atoms with van der Waals surface area (Å²) in [5, 5.41) is 32.1. The van der Waals surface area contributed by atoms with Gasteiger partial charge in [-0.3, -0.25) is 0 Å². The van der Waals surface area contributed by atoms with E-state index in [-0.39, 0.29) is 27.8 Å². The predicted molar refractivity (Wildman–Crippen MR) is 135 cm³/mol. The number of ether oxygens (including phenoxy) is 1. The van der Waals surface area contributed by atoms with Crippen LogP contribution in [0.5, 0.6) is 0 Å². The van der Waals surface area contributed by atoms with Gasteiger partial charge in [-0.05, 0) is 111 Å². The van der Waals surface area contributed by atoms with Crippen LogP contribution in [0.15, 0.2) is 11.6 Å². The largest absolute Gasteiger partial charge is 0.393 e. The highest BCUT2D eigenvalue weighted by atomic mass is 16.5. The van der Waals surface area contributed by atoms with Crippen molar-refractivity contribution in [2.45, 2.75) is 124 Å². The molecule has 1 aliphatic heterocycles. The van der Waals surface area contributed by atoms with Gasteiger partial charge in [-0.15, -0.1) is 0 Å². The molecule has 0 amide bonds. The zero-order chi connectivity index (χ0) is 24.9. The molecule has 4 heteroatoms. The van der Waals surface area contributed by atoms with Crippen LogP contribution in [0.1, 0.15) is 99.8 Å². The zero-order valence-electron chi connectivity index (χ0n) is 22.7. The van der Waals surface area contributed by atoms with Crippen LogP contribution in [-0.2, 0) is 4.74 Å². The molecule has 5 aliphatic rings. The van der Waals surface area contributed by atoms with Crippen molar-refractivity contribution in [3.05, 3.63) is 11.6 Å². The quantitative estimate of drug-likeness (QED) is 0.463. The molecule has 0 spiro atoms. The van der Waals surface area contributed by atoms with Gasteiger partial charge in [0.15, 0.2) is 0 Å². The van der Waals surface area contributed by atoms with Gasteiger partial charge in [0.2, 0.25) is 0 Å². The van der Waals surface area contributed by atoms with E-state index in [9.17, 15) is 15.3 Å². The van der Waals surface area contributed by atoms with Crippen LogP contribution in [0.3, 0.4) is 0 Å². The lowest BCUT2D eigenvalue weighted by Gasteiger charge is -2.64. The Hall–Kier alpha value is -0.420. The second kappa shape index (κ2) is 7.79. The summed E-state index contributed by atoms with van der Waals surface area (Å²) in [5.41, 5.74) is 1.38. The first-order valence-electron chi connectivity index (χ1n) is 14.1. The summed E-state index contributed by atoms with van der Waals surface area (Å²) in [7, 11) is 0. The molecular weight excluding hydrogens is 424 g/mol. The maximum atomic E-state index is 10.9. The minimum atomic E-state index is -1.02. The molecule has 1 saturated heterocycles. The van der Waals surface area contributed by atoms with Gasteiger partial charge in [-0.2, -0.15) is 0 Å². The van der Waals surface area contributed by atoms with Crippen molar-refractivity contribution in [3.63, 3.8) is 0 Å². The van der Waals surface area contributed by atoms with E-state index < -0.39 is 17.8 Å². The van der Waals surface area contributed by atoms with Crippen LogP contribution < -0.4 is 0 Å². The van der Waals surface area contributed by atoms with E-state index in [1.165, 1.54) is 25.7 Å². The Balaban J connectivity index is 1.42. The smallest absolute Gasteiger partial charge is 0.111 e. The van der Waals surface area contributed by atoms with Gasteiger partial charge in [0, 0.05) is 0 Å². The highest BCUT2D eigenvalue weighted by Crippen LogP contribution is 2.73. The average Bonchev–Trinajstić information content (AvgIpc) is 3.02. The summed E-state index contributed by atoms with van der Waals surface area (Å²) in [5.74, 6) is 2.08. The van der Waals surface area contributed by atoms with E-state index in [2.05, 4.69) is 40.7 Å². The Morgan fingerprint density at radius 3 is 2.32 bits per heavy atom. The normalized spacial score (nSPS) is 52.9. The average molecular weight is 475 g/mol. The maximum Gasteiger partial charge on any atom is 0.111 e. The van der Waals surface area contributed by atoms with Gasteiger partial charge in [-0.1, -0.05) is 46.3 Å². The lowest BCUT2D eigenvalue weighted by molar-refractivity contribution is -0.188. The Morgan fingerprint density at radius 1 is 0.971 bits per heavy atom. The van der Waals surface area contributed by atoms with E-state index in [4.69, 9.17) is 4.74 Å². The van der Waals surface area contributed by atoms with Crippen molar-refractivity contribution in [1.29, 1.82) is 0 Å². The van der Waals surface area contributed by atoms with Crippen LogP contribution in [0.2, 0.25) is 0 Å². The Labute approximate surface area is 207 Å². The standard InChI is InChI=1S/C30H50O4/c1-26(2)23-9-8-21-20(28(23,5)13-12-24(26)32)11-15-29(6)19(10-14-30(21,29)7)18-16-22(31)25(34-17-18)27(3,4)33/h8,18-20,22-25,31-33H,9-17H2,1-7H3/t18-,19+,20-,22+,23-,24-,25-,28-,29+,30-/m1/s1. The molecule has 0 radical (unpaired) electrons. The second-order valence-corrected chi connectivity index (χ2v) is 14.8. The summed E-state index contributed by atoms with van der Waals surface area (Å²) in [6, 6.07) is 0. The number of hydrogen-bond donors (Lipinski definition) is 3. The number of fused-ring (bicyclic) bond motifs is 5. The summed E-state index contributed by atoms with van der Waals surface area (Å²) in [6.07, 6.45) is 10.2. The van der Waals surface area contributed by atoms with Crippen molar-refractivity contribution < 1.29 is 20.1 Å². The maximum absolute atomic E-state index is 10.9. The topological polar surface area (TPSA) is 69.9 Å². The fourth-order valence-corrected chi connectivity index (χ4v) is 10.3. The van der Waals surface area contributed by atoms with Crippen molar-refractivity contribution in [3.8, 4) is 0 Å². The summed E-state index contributed by atoms with van der Waals surface area (Å²) >= 11 is 0. The highest BCUT2D eigenvalue weighted by molar-refractivity contribution is 5.33. The van der Waals surface area contributed by atoms with Gasteiger partial charge in [0.25, 0.3) is 0 Å². The highest BCUT2D eigenvalue weighted by Gasteiger charge is 2.65. The lowest BCUT2D eigenvalue weighted by Crippen LogP contribution is -2.58. The van der Waals surface area contributed by atoms with Gasteiger partial charge < -0.3 is 20.1 Å². The summed E-state index contributed by atoms with van der Waals surface area (Å²) in [6.45, 7) is 16.4. The van der Waals surface area contributed by atoms with Gasteiger partial charge in [0.05, 0.1) is 24.4 Å². The molecule has 3 saturated carbocycles. The van der Waals surface area contributed by atoms with E-state index in [1.807, 2.05) is 0 Å². The van der Waals surface area contributed by atoms with Crippen LogP contribution in [0.25, 0.3) is 0 Å². The molecule has 5 rings (SSSR count). The fourth-order valence-electron chi connectivity index (χ4n) is 10.3. The number of rotatable bonds is 2.